The number of alkyl halides is 1. The second kappa shape index (κ2) is 17.7. The first kappa shape index (κ1) is 37.5. The minimum Gasteiger partial charge on any atom is -0.123 e. The second-order valence-electron chi connectivity index (χ2n) is 16.3. The fraction of sp³-hybridized carbons (Fsp3) is 1.00. The van der Waals surface area contributed by atoms with Crippen LogP contribution in [0.2, 0.25) is 0 Å². The maximum absolute atomic E-state index is 7.82. The van der Waals surface area contributed by atoms with Gasteiger partial charge in [-0.1, -0.05) is 141 Å². The zero-order valence-electron chi connectivity index (χ0n) is 30.3. The molecule has 0 radical (unpaired) electrons. The van der Waals surface area contributed by atoms with Gasteiger partial charge in [-0.25, -0.2) is 0 Å². The van der Waals surface area contributed by atoms with Crippen LogP contribution in [0, 0.1) is 76.4 Å². The Kier molecular flexibility index (Phi) is 16.2. The van der Waals surface area contributed by atoms with Crippen molar-refractivity contribution in [1.29, 1.82) is 0 Å². The van der Waals surface area contributed by atoms with Gasteiger partial charge < -0.3 is 0 Å². The monoisotopic (exact) mass is 593 g/mol. The van der Waals surface area contributed by atoms with Crippen LogP contribution in [0.15, 0.2) is 0 Å². The molecule has 0 aromatic heterocycles. The van der Waals surface area contributed by atoms with E-state index < -0.39 is 0 Å². The highest BCUT2D eigenvalue weighted by atomic mass is 35.5. The molecule has 2 fully saturated rings. The van der Waals surface area contributed by atoms with Crippen LogP contribution in [0.5, 0.6) is 0 Å². The smallest absolute Gasteiger partial charge is 0.0369 e. The zero-order valence-corrected chi connectivity index (χ0v) is 31.0. The third-order valence-corrected chi connectivity index (χ3v) is 14.0. The molecule has 2 aliphatic rings. The van der Waals surface area contributed by atoms with Crippen molar-refractivity contribution in [3.05, 3.63) is 0 Å². The third-order valence-electron chi connectivity index (χ3n) is 13.5. The van der Waals surface area contributed by atoms with Crippen molar-refractivity contribution < 1.29 is 0 Å². The largest absolute Gasteiger partial charge is 0.123 e. The lowest BCUT2D eigenvalue weighted by Gasteiger charge is -2.45. The summed E-state index contributed by atoms with van der Waals surface area (Å²) in [6, 6.07) is 0. The van der Waals surface area contributed by atoms with E-state index in [1.54, 1.807) is 0 Å². The van der Waals surface area contributed by atoms with Gasteiger partial charge in [-0.2, -0.15) is 0 Å². The van der Waals surface area contributed by atoms with Crippen molar-refractivity contribution >= 4 is 11.6 Å². The van der Waals surface area contributed by atoms with E-state index in [-0.39, 0.29) is 0 Å². The molecule has 0 heterocycles. The lowest BCUT2D eigenvalue weighted by atomic mass is 9.61. The summed E-state index contributed by atoms with van der Waals surface area (Å²) in [5.74, 6) is 9.97. The van der Waals surface area contributed by atoms with Crippen molar-refractivity contribution in [2.75, 3.05) is 0 Å². The van der Waals surface area contributed by atoms with E-state index in [0.717, 1.165) is 65.1 Å². The maximum atomic E-state index is 7.82. The van der Waals surface area contributed by atoms with Crippen molar-refractivity contribution in [3.8, 4) is 0 Å². The molecule has 244 valence electrons. The number of rotatable bonds is 18. The molecule has 2 aliphatic carbocycles. The average Bonchev–Trinajstić information content (AvgIpc) is 3.48. The highest BCUT2D eigenvalue weighted by Gasteiger charge is 2.64. The van der Waals surface area contributed by atoms with E-state index in [1.165, 1.54) is 89.9 Å². The summed E-state index contributed by atoms with van der Waals surface area (Å²) in [7, 11) is 0. The van der Waals surface area contributed by atoms with Gasteiger partial charge >= 0.3 is 0 Å². The summed E-state index contributed by atoms with van der Waals surface area (Å²) in [5.41, 5.74) is 0.483. The maximum Gasteiger partial charge on any atom is 0.0369 e. The summed E-state index contributed by atoms with van der Waals surface area (Å²) in [6.07, 6.45) is 19.1. The molecule has 2 rings (SSSR count). The van der Waals surface area contributed by atoms with E-state index in [9.17, 15) is 0 Å². The van der Waals surface area contributed by atoms with Gasteiger partial charge in [-0.15, -0.1) is 11.6 Å². The molecule has 0 nitrogen and oxygen atoms in total. The van der Waals surface area contributed by atoms with E-state index in [4.69, 9.17) is 11.6 Å². The molecule has 0 aliphatic heterocycles. The van der Waals surface area contributed by atoms with Crippen molar-refractivity contribution in [2.45, 2.75) is 178 Å². The molecule has 0 spiro atoms. The standard InChI is InChI=1S/C40H77Cl/c1-13-19-31(16-4)36(18-6)40(12)37(25-29(10)27(7)8)38(40)26-39(41)35(21-15-3)34-23-22-28(9)24-30(11)33(20-14-2)32(34)17-5/h27-39H,13-26H2,1-12H3. The van der Waals surface area contributed by atoms with Crippen LogP contribution in [0.25, 0.3) is 0 Å². The highest BCUT2D eigenvalue weighted by Crippen LogP contribution is 2.70. The molecule has 13 unspecified atom stereocenters. The molecule has 0 amide bonds. The van der Waals surface area contributed by atoms with Gasteiger partial charge in [0.1, 0.15) is 0 Å². The van der Waals surface area contributed by atoms with Crippen molar-refractivity contribution in [1.82, 2.24) is 0 Å². The van der Waals surface area contributed by atoms with Gasteiger partial charge in [-0.05, 0) is 109 Å². The SMILES string of the molecule is CCCC(CC)C(CC)C1(C)C(CC(C)C(C)C)C1CC(Cl)C(CCC)C1CCC(C)CC(C)C(CCC)C1CC. The van der Waals surface area contributed by atoms with Crippen LogP contribution < -0.4 is 0 Å². The molecule has 0 N–H and O–H groups in total. The molecular formula is C40H77Cl. The average molecular weight is 594 g/mol. The van der Waals surface area contributed by atoms with Crippen molar-refractivity contribution in [2.24, 2.45) is 76.4 Å². The van der Waals surface area contributed by atoms with Crippen LogP contribution in [0.4, 0.5) is 0 Å². The van der Waals surface area contributed by atoms with Gasteiger partial charge in [0.05, 0.1) is 0 Å². The van der Waals surface area contributed by atoms with Gasteiger partial charge in [0.15, 0.2) is 0 Å². The van der Waals surface area contributed by atoms with Crippen LogP contribution in [-0.4, -0.2) is 5.38 Å². The molecule has 41 heavy (non-hydrogen) atoms. The Hall–Kier alpha value is 0.290. The van der Waals surface area contributed by atoms with E-state index in [0.29, 0.717) is 16.7 Å². The Morgan fingerprint density at radius 3 is 1.93 bits per heavy atom. The normalized spacial score (nSPS) is 36.3. The molecule has 0 saturated heterocycles. The Bertz CT molecular complexity index is 699. The first-order valence-corrected chi connectivity index (χ1v) is 19.5. The minimum absolute atomic E-state index is 0.341. The topological polar surface area (TPSA) is 0 Å². The molecule has 0 aromatic rings. The predicted octanol–water partition coefficient (Wildman–Crippen LogP) is 13.7. The second-order valence-corrected chi connectivity index (χ2v) is 16.9. The lowest BCUT2D eigenvalue weighted by molar-refractivity contribution is 0.0614. The van der Waals surface area contributed by atoms with E-state index in [2.05, 4.69) is 83.1 Å². The van der Waals surface area contributed by atoms with Crippen LogP contribution in [0.3, 0.4) is 0 Å². The van der Waals surface area contributed by atoms with Gasteiger partial charge in [-0.3, -0.25) is 0 Å². The van der Waals surface area contributed by atoms with Gasteiger partial charge in [0.2, 0.25) is 0 Å². The molecule has 1 heteroatoms. The minimum atomic E-state index is 0.341. The summed E-state index contributed by atoms with van der Waals surface area (Å²) in [4.78, 5) is 0. The van der Waals surface area contributed by atoms with Gasteiger partial charge in [0, 0.05) is 5.38 Å². The van der Waals surface area contributed by atoms with Crippen LogP contribution >= 0.6 is 11.6 Å². The van der Waals surface area contributed by atoms with Crippen molar-refractivity contribution in [3.63, 3.8) is 0 Å². The third kappa shape index (κ3) is 9.16. The molecule has 0 bridgehead atoms. The van der Waals surface area contributed by atoms with Crippen LogP contribution in [0.1, 0.15) is 173 Å². The zero-order chi connectivity index (χ0) is 30.9. The van der Waals surface area contributed by atoms with Gasteiger partial charge in [0.25, 0.3) is 0 Å². The summed E-state index contributed by atoms with van der Waals surface area (Å²) in [6.45, 7) is 30.0. The van der Waals surface area contributed by atoms with E-state index >= 15 is 0 Å². The lowest BCUT2D eigenvalue weighted by Crippen LogP contribution is -2.38. The molecular weight excluding hydrogens is 516 g/mol. The number of halogens is 1. The number of hydrogen-bond donors (Lipinski definition) is 0. The Morgan fingerprint density at radius 1 is 0.780 bits per heavy atom. The molecule has 13 atom stereocenters. The fourth-order valence-electron chi connectivity index (χ4n) is 10.9. The Morgan fingerprint density at radius 2 is 1.41 bits per heavy atom. The molecule has 0 aromatic carbocycles. The van der Waals surface area contributed by atoms with E-state index in [1.807, 2.05) is 0 Å². The summed E-state index contributed by atoms with van der Waals surface area (Å²) >= 11 is 7.82. The quantitative estimate of drug-likeness (QED) is 0.139. The summed E-state index contributed by atoms with van der Waals surface area (Å²) in [5, 5.41) is 0.341. The molecule has 2 saturated carbocycles. The predicted molar refractivity (Wildman–Crippen MR) is 187 cm³/mol. The summed E-state index contributed by atoms with van der Waals surface area (Å²) < 4.78 is 0. The highest BCUT2D eigenvalue weighted by molar-refractivity contribution is 6.20. The number of hydrogen-bond acceptors (Lipinski definition) is 0. The first-order valence-electron chi connectivity index (χ1n) is 19.1. The first-order chi connectivity index (χ1) is 19.5. The Labute approximate surface area is 265 Å². The van der Waals surface area contributed by atoms with Crippen LogP contribution in [-0.2, 0) is 0 Å². The fourth-order valence-corrected chi connectivity index (χ4v) is 11.4. The Balaban J connectivity index is 2.40.